The molecule has 4 nitrogen and oxygen atoms in total. The lowest BCUT2D eigenvalue weighted by Crippen LogP contribution is -2.47. The third kappa shape index (κ3) is 4.18. The third-order valence-electron chi connectivity index (χ3n) is 2.53. The Morgan fingerprint density at radius 2 is 1.93 bits per heavy atom. The van der Waals surface area contributed by atoms with Crippen molar-refractivity contribution in [3.63, 3.8) is 0 Å². The summed E-state index contributed by atoms with van der Waals surface area (Å²) in [6.07, 6.45) is 1.22. The summed E-state index contributed by atoms with van der Waals surface area (Å²) in [5.74, 6) is -0.135. The Balaban J connectivity index is 2.32. The van der Waals surface area contributed by atoms with Crippen molar-refractivity contribution in [1.29, 1.82) is 0 Å². The second kappa shape index (κ2) is 4.94. The highest BCUT2D eigenvalue weighted by Crippen LogP contribution is 2.09. The zero-order valence-corrected chi connectivity index (χ0v) is 9.92. The fraction of sp³-hybridized carbons (Fsp3) is 0.909. The molecule has 1 heterocycles. The summed E-state index contributed by atoms with van der Waals surface area (Å²) in [6.45, 7) is 7.97. The van der Waals surface area contributed by atoms with Crippen LogP contribution in [0.4, 0.5) is 0 Å². The summed E-state index contributed by atoms with van der Waals surface area (Å²) in [6, 6.07) is 0. The van der Waals surface area contributed by atoms with E-state index < -0.39 is 6.10 Å². The van der Waals surface area contributed by atoms with Gasteiger partial charge in [0.05, 0.1) is 0 Å². The number of likely N-dealkylation sites (tertiary alicyclic amines) is 1. The lowest BCUT2D eigenvalue weighted by Gasteiger charge is -2.24. The van der Waals surface area contributed by atoms with Crippen molar-refractivity contribution in [2.45, 2.75) is 45.3 Å². The molecular weight excluding hydrogens is 192 g/mol. The van der Waals surface area contributed by atoms with Crippen LogP contribution in [0.15, 0.2) is 0 Å². The first-order valence-electron chi connectivity index (χ1n) is 5.62. The molecule has 1 unspecified atom stereocenters. The number of carbonyl (C=O) groups is 1. The molecule has 2 N–H and O–H groups in total. The molecule has 4 heteroatoms. The van der Waals surface area contributed by atoms with Gasteiger partial charge in [-0.1, -0.05) is 0 Å². The predicted molar refractivity (Wildman–Crippen MR) is 59.6 cm³/mol. The SMILES string of the molecule is CC(C)(C)NCC(O)C(=O)N1CCCC1. The highest BCUT2D eigenvalue weighted by molar-refractivity contribution is 5.81. The number of aliphatic hydroxyl groups excluding tert-OH is 1. The summed E-state index contributed by atoms with van der Waals surface area (Å²) < 4.78 is 0. The summed E-state index contributed by atoms with van der Waals surface area (Å²) >= 11 is 0. The van der Waals surface area contributed by atoms with E-state index >= 15 is 0 Å². The van der Waals surface area contributed by atoms with Crippen molar-refractivity contribution < 1.29 is 9.90 Å². The van der Waals surface area contributed by atoms with E-state index in [0.29, 0.717) is 6.54 Å². The number of β-amino-alcohol motifs (C(OH)–C–C–N with tert-alkyl or cyclic N) is 1. The molecule has 1 amide bonds. The molecule has 1 rings (SSSR count). The van der Waals surface area contributed by atoms with Gasteiger partial charge in [0.1, 0.15) is 6.10 Å². The van der Waals surface area contributed by atoms with Crippen molar-refractivity contribution in [3.05, 3.63) is 0 Å². The van der Waals surface area contributed by atoms with Crippen LogP contribution < -0.4 is 5.32 Å². The number of nitrogens with one attached hydrogen (secondary N) is 1. The number of amides is 1. The molecule has 88 valence electrons. The van der Waals surface area contributed by atoms with Gasteiger partial charge in [0.25, 0.3) is 5.91 Å². The molecule has 1 aliphatic heterocycles. The van der Waals surface area contributed by atoms with Crippen molar-refractivity contribution >= 4 is 5.91 Å². The monoisotopic (exact) mass is 214 g/mol. The van der Waals surface area contributed by atoms with Crippen LogP contribution in [-0.4, -0.2) is 47.2 Å². The second-order valence-electron chi connectivity index (χ2n) is 5.18. The van der Waals surface area contributed by atoms with Gasteiger partial charge in [-0.2, -0.15) is 0 Å². The zero-order valence-electron chi connectivity index (χ0n) is 9.92. The molecule has 0 aliphatic carbocycles. The molecule has 15 heavy (non-hydrogen) atoms. The first kappa shape index (κ1) is 12.5. The first-order chi connectivity index (χ1) is 6.90. The average molecular weight is 214 g/mol. The number of carbonyl (C=O) groups excluding carboxylic acids is 1. The van der Waals surface area contributed by atoms with E-state index in [4.69, 9.17) is 0 Å². The third-order valence-corrected chi connectivity index (χ3v) is 2.53. The van der Waals surface area contributed by atoms with Crippen LogP contribution in [0.2, 0.25) is 0 Å². The molecule has 0 radical (unpaired) electrons. The van der Waals surface area contributed by atoms with Gasteiger partial charge >= 0.3 is 0 Å². The fourth-order valence-corrected chi connectivity index (χ4v) is 1.64. The number of hydrogen-bond donors (Lipinski definition) is 2. The van der Waals surface area contributed by atoms with E-state index in [2.05, 4.69) is 5.32 Å². The molecule has 0 spiro atoms. The Labute approximate surface area is 91.6 Å². The molecule has 0 bridgehead atoms. The molecular formula is C11H22N2O2. The molecule has 0 aromatic carbocycles. The highest BCUT2D eigenvalue weighted by Gasteiger charge is 2.25. The molecule has 1 fully saturated rings. The van der Waals surface area contributed by atoms with E-state index in [1.165, 1.54) is 0 Å². The first-order valence-corrected chi connectivity index (χ1v) is 5.62. The van der Waals surface area contributed by atoms with E-state index in [-0.39, 0.29) is 11.4 Å². The van der Waals surface area contributed by atoms with Gasteiger partial charge < -0.3 is 15.3 Å². The van der Waals surface area contributed by atoms with Gasteiger partial charge in [-0.15, -0.1) is 0 Å². The van der Waals surface area contributed by atoms with Crippen molar-refractivity contribution in [1.82, 2.24) is 10.2 Å². The van der Waals surface area contributed by atoms with Crippen LogP contribution in [0, 0.1) is 0 Å². The molecule has 0 aromatic rings. The number of rotatable bonds is 3. The summed E-state index contributed by atoms with van der Waals surface area (Å²) in [5, 5.41) is 12.8. The van der Waals surface area contributed by atoms with Gasteiger partial charge in [-0.05, 0) is 33.6 Å². The Morgan fingerprint density at radius 3 is 2.40 bits per heavy atom. The average Bonchev–Trinajstić information content (AvgIpc) is 2.64. The van der Waals surface area contributed by atoms with E-state index in [0.717, 1.165) is 25.9 Å². The summed E-state index contributed by atoms with van der Waals surface area (Å²) in [4.78, 5) is 13.4. The topological polar surface area (TPSA) is 52.6 Å². The minimum absolute atomic E-state index is 0.0632. The van der Waals surface area contributed by atoms with Crippen molar-refractivity contribution in [2.75, 3.05) is 19.6 Å². The lowest BCUT2D eigenvalue weighted by atomic mass is 10.1. The standard InChI is InChI=1S/C11H22N2O2/c1-11(2,3)12-8-9(14)10(15)13-6-4-5-7-13/h9,12,14H,4-8H2,1-3H3. The largest absolute Gasteiger partial charge is 0.382 e. The minimum atomic E-state index is -0.901. The van der Waals surface area contributed by atoms with Crippen molar-refractivity contribution in [2.24, 2.45) is 0 Å². The smallest absolute Gasteiger partial charge is 0.252 e. The Bertz CT molecular complexity index is 217. The lowest BCUT2D eigenvalue weighted by molar-refractivity contribution is -0.138. The van der Waals surface area contributed by atoms with Crippen LogP contribution >= 0.6 is 0 Å². The van der Waals surface area contributed by atoms with Crippen LogP contribution in [0.3, 0.4) is 0 Å². The normalized spacial score (nSPS) is 19.3. The highest BCUT2D eigenvalue weighted by atomic mass is 16.3. The minimum Gasteiger partial charge on any atom is -0.382 e. The Kier molecular flexibility index (Phi) is 4.11. The quantitative estimate of drug-likeness (QED) is 0.713. The summed E-state index contributed by atoms with van der Waals surface area (Å²) in [7, 11) is 0. The maximum atomic E-state index is 11.7. The Hall–Kier alpha value is -0.610. The van der Waals surface area contributed by atoms with Crippen LogP contribution in [0.5, 0.6) is 0 Å². The molecule has 0 aromatic heterocycles. The van der Waals surface area contributed by atoms with Crippen LogP contribution in [0.25, 0.3) is 0 Å². The molecule has 1 saturated heterocycles. The maximum Gasteiger partial charge on any atom is 0.252 e. The van der Waals surface area contributed by atoms with Crippen LogP contribution in [-0.2, 0) is 4.79 Å². The maximum absolute atomic E-state index is 11.7. The molecule has 1 aliphatic rings. The van der Waals surface area contributed by atoms with Gasteiger partial charge in [-0.25, -0.2) is 0 Å². The number of hydrogen-bond acceptors (Lipinski definition) is 3. The Morgan fingerprint density at radius 1 is 1.40 bits per heavy atom. The number of aliphatic hydroxyl groups is 1. The molecule has 0 saturated carbocycles. The predicted octanol–water partition coefficient (Wildman–Crippen LogP) is 0.358. The van der Waals surface area contributed by atoms with Gasteiger partial charge in [-0.3, -0.25) is 4.79 Å². The van der Waals surface area contributed by atoms with Gasteiger partial charge in [0, 0.05) is 25.2 Å². The van der Waals surface area contributed by atoms with Crippen LogP contribution in [0.1, 0.15) is 33.6 Å². The van der Waals surface area contributed by atoms with Crippen molar-refractivity contribution in [3.8, 4) is 0 Å². The zero-order chi connectivity index (χ0) is 11.5. The fourth-order valence-electron chi connectivity index (χ4n) is 1.64. The van der Waals surface area contributed by atoms with E-state index in [1.807, 2.05) is 20.8 Å². The summed E-state index contributed by atoms with van der Waals surface area (Å²) in [5.41, 5.74) is -0.0632. The van der Waals surface area contributed by atoms with Gasteiger partial charge in [0.15, 0.2) is 0 Å². The van der Waals surface area contributed by atoms with Gasteiger partial charge in [0.2, 0.25) is 0 Å². The second-order valence-corrected chi connectivity index (χ2v) is 5.18. The van der Waals surface area contributed by atoms with E-state index in [1.54, 1.807) is 4.90 Å². The van der Waals surface area contributed by atoms with E-state index in [9.17, 15) is 9.90 Å². The number of nitrogens with zero attached hydrogens (tertiary/aromatic N) is 1. The molecule has 1 atom stereocenters.